The van der Waals surface area contributed by atoms with Crippen LogP contribution in [0.5, 0.6) is 0 Å². The molecule has 0 bridgehead atoms. The number of rotatable bonds is 2. The van der Waals surface area contributed by atoms with Crippen molar-refractivity contribution in [3.05, 3.63) is 39.2 Å². The maximum absolute atomic E-state index is 6.12. The maximum Gasteiger partial charge on any atom is 0.179 e. The molecule has 94 valence electrons. The van der Waals surface area contributed by atoms with Gasteiger partial charge in [0.05, 0.1) is 10.2 Å². The first-order valence-corrected chi connectivity index (χ1v) is 6.82. The second kappa shape index (κ2) is 5.33. The second-order valence-electron chi connectivity index (χ2n) is 4.41. The number of hydrogen-bond donors (Lipinski definition) is 0. The Hall–Kier alpha value is -1.00. The summed E-state index contributed by atoms with van der Waals surface area (Å²) in [5.74, 6) is 0.830. The molecule has 0 spiro atoms. The third-order valence-electron chi connectivity index (χ3n) is 2.52. The molecule has 0 aliphatic carbocycles. The fraction of sp³-hybridized carbons (Fsp3) is 0.308. The van der Waals surface area contributed by atoms with Gasteiger partial charge in [0.2, 0.25) is 0 Å². The van der Waals surface area contributed by atoms with Crippen molar-refractivity contribution in [3.8, 4) is 11.5 Å². The van der Waals surface area contributed by atoms with Gasteiger partial charge >= 0.3 is 0 Å². The summed E-state index contributed by atoms with van der Waals surface area (Å²) in [5, 5.41) is 0.422. The zero-order valence-corrected chi connectivity index (χ0v) is 12.7. The Morgan fingerprint density at radius 2 is 1.94 bits per heavy atom. The molecule has 3 nitrogen and oxygen atoms in total. The molecule has 2 rings (SSSR count). The highest BCUT2D eigenvalue weighted by Gasteiger charge is 2.15. The molecule has 2 aromatic heterocycles. The van der Waals surface area contributed by atoms with E-state index < -0.39 is 0 Å². The van der Waals surface area contributed by atoms with Crippen LogP contribution in [0.1, 0.15) is 31.0 Å². The first-order valence-electron chi connectivity index (χ1n) is 5.65. The maximum atomic E-state index is 6.12. The van der Waals surface area contributed by atoms with E-state index in [1.165, 1.54) is 0 Å². The summed E-state index contributed by atoms with van der Waals surface area (Å²) in [6.07, 6.45) is 1.80. The number of aromatic nitrogens is 3. The van der Waals surface area contributed by atoms with Gasteiger partial charge in [0, 0.05) is 6.20 Å². The average Bonchev–Trinajstić information content (AvgIpc) is 2.33. The minimum atomic E-state index is 0.268. The van der Waals surface area contributed by atoms with Crippen LogP contribution in [0.15, 0.2) is 22.8 Å². The fourth-order valence-corrected chi connectivity index (χ4v) is 2.35. The number of aryl methyl sites for hydroxylation is 1. The molecular formula is C13H13BrClN3. The summed E-state index contributed by atoms with van der Waals surface area (Å²) < 4.78 is 0.759. The summed E-state index contributed by atoms with van der Waals surface area (Å²) in [6.45, 7) is 6.12. The van der Waals surface area contributed by atoms with E-state index in [9.17, 15) is 0 Å². The molecule has 0 aliphatic heterocycles. The van der Waals surface area contributed by atoms with Crippen LogP contribution < -0.4 is 0 Å². The number of pyridine rings is 1. The predicted octanol–water partition coefficient (Wildman–Crippen LogP) is 4.39. The molecule has 0 saturated carbocycles. The smallest absolute Gasteiger partial charge is 0.179 e. The molecule has 0 radical (unpaired) electrons. The molecule has 0 amide bonds. The lowest BCUT2D eigenvalue weighted by atomic mass is 10.1. The van der Waals surface area contributed by atoms with Gasteiger partial charge in [-0.25, -0.2) is 9.97 Å². The van der Waals surface area contributed by atoms with Crippen LogP contribution >= 0.6 is 27.5 Å². The van der Waals surface area contributed by atoms with Gasteiger partial charge in [0.1, 0.15) is 10.8 Å². The minimum absolute atomic E-state index is 0.268. The van der Waals surface area contributed by atoms with Crippen LogP contribution in [0.25, 0.3) is 11.5 Å². The minimum Gasteiger partial charge on any atom is -0.253 e. The highest BCUT2D eigenvalue weighted by molar-refractivity contribution is 9.10. The zero-order chi connectivity index (χ0) is 13.3. The van der Waals surface area contributed by atoms with Gasteiger partial charge in [-0.2, -0.15) is 0 Å². The van der Waals surface area contributed by atoms with Crippen LogP contribution in [0.3, 0.4) is 0 Å². The van der Waals surface area contributed by atoms with Crippen molar-refractivity contribution >= 4 is 27.5 Å². The summed E-state index contributed by atoms with van der Waals surface area (Å²) in [7, 11) is 0. The van der Waals surface area contributed by atoms with Gasteiger partial charge in [-0.05, 0) is 40.4 Å². The molecule has 2 heterocycles. The highest BCUT2D eigenvalue weighted by Crippen LogP contribution is 2.30. The van der Waals surface area contributed by atoms with Crippen molar-refractivity contribution in [2.75, 3.05) is 0 Å². The number of halogens is 2. The van der Waals surface area contributed by atoms with Crippen molar-refractivity contribution < 1.29 is 0 Å². The van der Waals surface area contributed by atoms with Crippen molar-refractivity contribution in [2.24, 2.45) is 0 Å². The standard InChI is InChI=1S/C13H13BrClN3/c1-7(2)11-10(14)12(15)18-13(17-11)9-5-4-8(3)6-16-9/h4-7H,1-3H3. The molecule has 0 atom stereocenters. The van der Waals surface area contributed by atoms with E-state index in [-0.39, 0.29) is 5.92 Å². The fourth-order valence-electron chi connectivity index (χ4n) is 1.53. The van der Waals surface area contributed by atoms with Crippen molar-refractivity contribution in [2.45, 2.75) is 26.7 Å². The van der Waals surface area contributed by atoms with Crippen LogP contribution in [0.4, 0.5) is 0 Å². The Kier molecular flexibility index (Phi) is 3.97. The second-order valence-corrected chi connectivity index (χ2v) is 5.56. The molecule has 0 aromatic carbocycles. The lowest BCUT2D eigenvalue weighted by molar-refractivity contribution is 0.808. The molecule has 0 fully saturated rings. The van der Waals surface area contributed by atoms with Crippen molar-refractivity contribution in [3.63, 3.8) is 0 Å². The Labute approximate surface area is 120 Å². The first kappa shape index (κ1) is 13.4. The Bertz CT molecular complexity index is 567. The Morgan fingerprint density at radius 1 is 1.22 bits per heavy atom. The van der Waals surface area contributed by atoms with E-state index in [1.54, 1.807) is 6.20 Å². The molecular weight excluding hydrogens is 314 g/mol. The van der Waals surface area contributed by atoms with E-state index in [1.807, 2.05) is 19.1 Å². The molecule has 0 aliphatic rings. The van der Waals surface area contributed by atoms with Crippen molar-refractivity contribution in [1.29, 1.82) is 0 Å². The quantitative estimate of drug-likeness (QED) is 0.768. The number of nitrogens with zero attached hydrogens (tertiary/aromatic N) is 3. The van der Waals surface area contributed by atoms with E-state index in [0.717, 1.165) is 21.4 Å². The largest absolute Gasteiger partial charge is 0.253 e. The molecule has 0 N–H and O–H groups in total. The summed E-state index contributed by atoms with van der Waals surface area (Å²) in [4.78, 5) is 13.1. The third-order valence-corrected chi connectivity index (χ3v) is 3.81. The Balaban J connectivity index is 2.55. The molecule has 0 saturated heterocycles. The van der Waals surface area contributed by atoms with E-state index in [4.69, 9.17) is 11.6 Å². The lowest BCUT2D eigenvalue weighted by Gasteiger charge is -2.10. The first-order chi connectivity index (χ1) is 8.49. The van der Waals surface area contributed by atoms with Crippen LogP contribution in [-0.4, -0.2) is 15.0 Å². The zero-order valence-electron chi connectivity index (χ0n) is 10.4. The van der Waals surface area contributed by atoms with Gasteiger partial charge in [-0.3, -0.25) is 4.98 Å². The molecule has 2 aromatic rings. The Morgan fingerprint density at radius 3 is 2.50 bits per heavy atom. The van der Waals surface area contributed by atoms with E-state index >= 15 is 0 Å². The lowest BCUT2D eigenvalue weighted by Crippen LogP contribution is -2.01. The monoisotopic (exact) mass is 325 g/mol. The summed E-state index contributed by atoms with van der Waals surface area (Å²) >= 11 is 9.54. The normalized spacial score (nSPS) is 11.0. The average molecular weight is 327 g/mol. The van der Waals surface area contributed by atoms with Gasteiger partial charge in [-0.1, -0.05) is 31.5 Å². The molecule has 0 unspecified atom stereocenters. The highest BCUT2D eigenvalue weighted by atomic mass is 79.9. The van der Waals surface area contributed by atoms with Crippen LogP contribution in [0.2, 0.25) is 5.15 Å². The third kappa shape index (κ3) is 2.70. The van der Waals surface area contributed by atoms with Crippen molar-refractivity contribution in [1.82, 2.24) is 15.0 Å². The van der Waals surface area contributed by atoms with Crippen LogP contribution in [-0.2, 0) is 0 Å². The topological polar surface area (TPSA) is 38.7 Å². The van der Waals surface area contributed by atoms with Gasteiger partial charge in [-0.15, -0.1) is 0 Å². The summed E-state index contributed by atoms with van der Waals surface area (Å²) in [6, 6.07) is 3.88. The predicted molar refractivity (Wildman–Crippen MR) is 76.8 cm³/mol. The molecule has 5 heteroatoms. The van der Waals surface area contributed by atoms with Crippen LogP contribution in [0, 0.1) is 6.92 Å². The van der Waals surface area contributed by atoms with Gasteiger partial charge < -0.3 is 0 Å². The van der Waals surface area contributed by atoms with Gasteiger partial charge in [0.25, 0.3) is 0 Å². The van der Waals surface area contributed by atoms with E-state index in [0.29, 0.717) is 11.0 Å². The molecule has 18 heavy (non-hydrogen) atoms. The summed E-state index contributed by atoms with van der Waals surface area (Å²) in [5.41, 5.74) is 2.73. The SMILES string of the molecule is Cc1ccc(-c2nc(Cl)c(Br)c(C(C)C)n2)nc1. The van der Waals surface area contributed by atoms with Gasteiger partial charge in [0.15, 0.2) is 5.82 Å². The van der Waals surface area contributed by atoms with E-state index in [2.05, 4.69) is 44.7 Å². The number of hydrogen-bond acceptors (Lipinski definition) is 3.